The normalized spacial score (nSPS) is 11.9. The SMILES string of the molecule is Cc1ccc(P(=S)(c2ccc(C)s2)c2ccc(C)s2)s1. The van der Waals surface area contributed by atoms with Gasteiger partial charge in [0.05, 0.1) is 6.04 Å². The van der Waals surface area contributed by atoms with Crippen LogP contribution in [0.1, 0.15) is 14.6 Å². The van der Waals surface area contributed by atoms with Gasteiger partial charge in [0, 0.05) is 28.5 Å². The molecule has 0 aliphatic rings. The number of hydrogen-bond acceptors (Lipinski definition) is 4. The van der Waals surface area contributed by atoms with Crippen molar-refractivity contribution in [2.75, 3.05) is 0 Å². The van der Waals surface area contributed by atoms with Gasteiger partial charge >= 0.3 is 0 Å². The highest BCUT2D eigenvalue weighted by atomic mass is 32.4. The van der Waals surface area contributed by atoms with Crippen molar-refractivity contribution in [1.29, 1.82) is 0 Å². The molecule has 0 aliphatic carbocycles. The van der Waals surface area contributed by atoms with Gasteiger partial charge in [-0.2, -0.15) is 0 Å². The highest BCUT2D eigenvalue weighted by Crippen LogP contribution is 2.48. The summed E-state index contributed by atoms with van der Waals surface area (Å²) in [6.45, 7) is 6.48. The van der Waals surface area contributed by atoms with Gasteiger partial charge < -0.3 is 0 Å². The molecule has 0 amide bonds. The first-order valence-electron chi connectivity index (χ1n) is 6.31. The standard InChI is InChI=1S/C15H15PS4/c1-10-4-7-13(18-10)16(17,14-8-5-11(2)19-14)15-9-6-12(3)20-15/h4-9H,1-3H3. The van der Waals surface area contributed by atoms with E-state index in [0.29, 0.717) is 0 Å². The van der Waals surface area contributed by atoms with Gasteiger partial charge in [0.25, 0.3) is 0 Å². The maximum atomic E-state index is 6.28. The van der Waals surface area contributed by atoms with E-state index in [-0.39, 0.29) is 0 Å². The Balaban J connectivity index is 2.25. The molecule has 0 radical (unpaired) electrons. The fraction of sp³-hybridized carbons (Fsp3) is 0.200. The maximum Gasteiger partial charge on any atom is 0.0665 e. The van der Waals surface area contributed by atoms with Crippen LogP contribution in [0.3, 0.4) is 0 Å². The molecule has 0 aliphatic heterocycles. The molecule has 0 saturated heterocycles. The van der Waals surface area contributed by atoms with Crippen LogP contribution in [0.5, 0.6) is 0 Å². The zero-order valence-electron chi connectivity index (χ0n) is 11.5. The van der Waals surface area contributed by atoms with Crippen molar-refractivity contribution in [2.45, 2.75) is 20.8 Å². The Labute approximate surface area is 137 Å². The van der Waals surface area contributed by atoms with Crippen molar-refractivity contribution in [3.05, 3.63) is 51.0 Å². The predicted molar refractivity (Wildman–Crippen MR) is 100 cm³/mol. The molecule has 3 aromatic rings. The lowest BCUT2D eigenvalue weighted by Gasteiger charge is -2.17. The smallest absolute Gasteiger partial charge is 0.0665 e. The Morgan fingerprint density at radius 3 is 1.15 bits per heavy atom. The van der Waals surface area contributed by atoms with E-state index in [9.17, 15) is 0 Å². The summed E-state index contributed by atoms with van der Waals surface area (Å²) in [7, 11) is 0. The van der Waals surface area contributed by atoms with Gasteiger partial charge in [-0.15, -0.1) is 34.0 Å². The van der Waals surface area contributed by atoms with E-state index in [2.05, 4.69) is 57.2 Å². The van der Waals surface area contributed by atoms with Crippen molar-refractivity contribution in [3.8, 4) is 0 Å². The molecule has 0 nitrogen and oxygen atoms in total. The van der Waals surface area contributed by atoms with Crippen molar-refractivity contribution < 1.29 is 0 Å². The molecule has 0 N–H and O–H groups in total. The first-order chi connectivity index (χ1) is 9.50. The molecular weight excluding hydrogens is 339 g/mol. The molecular formula is C15H15PS4. The van der Waals surface area contributed by atoms with Crippen LogP contribution >= 0.6 is 40.0 Å². The van der Waals surface area contributed by atoms with Crippen LogP contribution in [0.15, 0.2) is 36.4 Å². The third kappa shape index (κ3) is 2.49. The van der Waals surface area contributed by atoms with Crippen molar-refractivity contribution in [3.63, 3.8) is 0 Å². The van der Waals surface area contributed by atoms with Crippen molar-refractivity contribution >= 4 is 65.7 Å². The molecule has 3 heterocycles. The number of hydrogen-bond donors (Lipinski definition) is 0. The predicted octanol–water partition coefficient (Wildman–Crippen LogP) is 4.55. The highest BCUT2D eigenvalue weighted by molar-refractivity contribution is 8.29. The minimum absolute atomic E-state index is 1.34. The molecule has 0 saturated carbocycles. The first-order valence-corrected chi connectivity index (χ1v) is 11.6. The summed E-state index contributed by atoms with van der Waals surface area (Å²) in [6.07, 6.45) is 0. The first kappa shape index (κ1) is 14.7. The van der Waals surface area contributed by atoms with Crippen LogP contribution in [0, 0.1) is 20.8 Å². The molecule has 0 unspecified atom stereocenters. The second-order valence-electron chi connectivity index (χ2n) is 4.76. The Morgan fingerprint density at radius 1 is 0.650 bits per heavy atom. The largest absolute Gasteiger partial charge is 0.139 e. The lowest BCUT2D eigenvalue weighted by molar-refractivity contribution is 1.64. The third-order valence-corrected chi connectivity index (χ3v) is 13.9. The molecule has 0 fully saturated rings. The lowest BCUT2D eigenvalue weighted by Crippen LogP contribution is -2.18. The quantitative estimate of drug-likeness (QED) is 0.622. The van der Waals surface area contributed by atoms with Crippen molar-refractivity contribution in [1.82, 2.24) is 0 Å². The Hall–Kier alpha value is -0.250. The van der Waals surface area contributed by atoms with E-state index in [4.69, 9.17) is 11.8 Å². The summed E-state index contributed by atoms with van der Waals surface area (Å²) < 4.78 is 4.11. The second kappa shape index (κ2) is 5.51. The van der Waals surface area contributed by atoms with Crippen LogP contribution in [-0.4, -0.2) is 0 Å². The van der Waals surface area contributed by atoms with Gasteiger partial charge in [-0.05, 0) is 57.2 Å². The third-order valence-electron chi connectivity index (χ3n) is 3.11. The van der Waals surface area contributed by atoms with Crippen LogP contribution in [-0.2, 0) is 11.8 Å². The highest BCUT2D eigenvalue weighted by Gasteiger charge is 2.29. The molecule has 104 valence electrons. The molecule has 20 heavy (non-hydrogen) atoms. The average molecular weight is 355 g/mol. The minimum atomic E-state index is -1.83. The Kier molecular flexibility index (Phi) is 4.04. The average Bonchev–Trinajstić information content (AvgIpc) is 3.10. The zero-order valence-corrected chi connectivity index (χ0v) is 15.7. The van der Waals surface area contributed by atoms with Crippen LogP contribution < -0.4 is 13.9 Å². The summed E-state index contributed by atoms with van der Waals surface area (Å²) in [4.78, 5) is 4.03. The van der Waals surface area contributed by atoms with E-state index in [1.54, 1.807) is 0 Å². The van der Waals surface area contributed by atoms with E-state index < -0.39 is 6.04 Å². The van der Waals surface area contributed by atoms with Gasteiger partial charge in [-0.1, -0.05) is 11.8 Å². The monoisotopic (exact) mass is 354 g/mol. The Bertz CT molecular complexity index is 685. The van der Waals surface area contributed by atoms with Crippen LogP contribution in [0.25, 0.3) is 0 Å². The summed E-state index contributed by atoms with van der Waals surface area (Å²) in [6, 6.07) is 11.5. The van der Waals surface area contributed by atoms with E-state index in [0.717, 1.165) is 0 Å². The number of thiophene rings is 3. The second-order valence-corrected chi connectivity index (χ2v) is 13.8. The van der Waals surface area contributed by atoms with E-state index in [1.165, 1.54) is 28.5 Å². The summed E-state index contributed by atoms with van der Waals surface area (Å²) in [5, 5.41) is 0. The lowest BCUT2D eigenvalue weighted by atomic mass is 10.5. The summed E-state index contributed by atoms with van der Waals surface area (Å²) in [5.74, 6) is 0. The minimum Gasteiger partial charge on any atom is -0.139 e. The molecule has 0 bridgehead atoms. The molecule has 3 rings (SSSR count). The summed E-state index contributed by atoms with van der Waals surface area (Å²) in [5.41, 5.74) is 0. The molecule has 0 atom stereocenters. The molecule has 3 aromatic heterocycles. The van der Waals surface area contributed by atoms with Crippen LogP contribution in [0.2, 0.25) is 0 Å². The number of rotatable bonds is 3. The van der Waals surface area contributed by atoms with Gasteiger partial charge in [-0.3, -0.25) is 0 Å². The fourth-order valence-corrected chi connectivity index (χ4v) is 12.1. The number of aryl methyl sites for hydroxylation is 3. The van der Waals surface area contributed by atoms with Crippen LogP contribution in [0.4, 0.5) is 0 Å². The Morgan fingerprint density at radius 2 is 0.950 bits per heavy atom. The maximum absolute atomic E-state index is 6.28. The summed E-state index contributed by atoms with van der Waals surface area (Å²) >= 11 is 11.9. The van der Waals surface area contributed by atoms with Gasteiger partial charge in [0.1, 0.15) is 0 Å². The van der Waals surface area contributed by atoms with Gasteiger partial charge in [0.15, 0.2) is 0 Å². The van der Waals surface area contributed by atoms with Gasteiger partial charge in [-0.25, -0.2) is 0 Å². The van der Waals surface area contributed by atoms with E-state index >= 15 is 0 Å². The van der Waals surface area contributed by atoms with E-state index in [1.807, 2.05) is 34.0 Å². The van der Waals surface area contributed by atoms with Crippen molar-refractivity contribution in [2.24, 2.45) is 0 Å². The fourth-order valence-electron chi connectivity index (χ4n) is 2.10. The molecule has 0 spiro atoms. The molecule has 5 heteroatoms. The molecule has 0 aromatic carbocycles. The zero-order chi connectivity index (χ0) is 14.3. The topological polar surface area (TPSA) is 0 Å². The van der Waals surface area contributed by atoms with Gasteiger partial charge in [0.2, 0.25) is 0 Å².